The van der Waals surface area contributed by atoms with Crippen LogP contribution in [0, 0.1) is 22.7 Å². The van der Waals surface area contributed by atoms with Gasteiger partial charge in [0.25, 0.3) is 0 Å². The molecule has 2 saturated carbocycles. The highest BCUT2D eigenvalue weighted by atomic mass is 16.3. The SMILES string of the molecule is CC1(C)[C@@H]2CC[C@@]1(C)[C@@H](O)[C@H]2C(O)c1ccccn1. The minimum atomic E-state index is -0.664. The number of hydrogen-bond acceptors (Lipinski definition) is 3. The molecule has 2 bridgehead atoms. The molecule has 2 aliphatic rings. The lowest BCUT2D eigenvalue weighted by atomic mass is 9.70. The van der Waals surface area contributed by atoms with Gasteiger partial charge in [-0.25, -0.2) is 0 Å². The summed E-state index contributed by atoms with van der Waals surface area (Å²) in [6.07, 6.45) is 2.73. The summed E-state index contributed by atoms with van der Waals surface area (Å²) < 4.78 is 0. The van der Waals surface area contributed by atoms with E-state index in [0.717, 1.165) is 12.8 Å². The molecule has 0 spiro atoms. The molecule has 1 unspecified atom stereocenters. The van der Waals surface area contributed by atoms with E-state index in [1.807, 2.05) is 18.2 Å². The fourth-order valence-electron chi connectivity index (χ4n) is 4.55. The van der Waals surface area contributed by atoms with Gasteiger partial charge in [0.05, 0.1) is 11.8 Å². The molecule has 2 N–H and O–H groups in total. The number of aromatic nitrogens is 1. The molecule has 0 saturated heterocycles. The molecule has 104 valence electrons. The molecular weight excluding hydrogens is 238 g/mol. The van der Waals surface area contributed by atoms with Crippen molar-refractivity contribution >= 4 is 0 Å². The number of rotatable bonds is 2. The van der Waals surface area contributed by atoms with E-state index in [1.54, 1.807) is 6.20 Å². The first-order chi connectivity index (χ1) is 8.89. The average Bonchev–Trinajstić information content (AvgIpc) is 2.71. The van der Waals surface area contributed by atoms with Gasteiger partial charge in [-0.2, -0.15) is 0 Å². The van der Waals surface area contributed by atoms with Crippen LogP contribution in [0.5, 0.6) is 0 Å². The van der Waals surface area contributed by atoms with Crippen LogP contribution in [0.15, 0.2) is 24.4 Å². The van der Waals surface area contributed by atoms with Crippen LogP contribution in [0.25, 0.3) is 0 Å². The third-order valence-electron chi connectivity index (χ3n) is 6.21. The van der Waals surface area contributed by atoms with Gasteiger partial charge in [0.1, 0.15) is 6.10 Å². The van der Waals surface area contributed by atoms with E-state index in [0.29, 0.717) is 11.6 Å². The number of nitrogens with zero attached hydrogens (tertiary/aromatic N) is 1. The van der Waals surface area contributed by atoms with E-state index in [4.69, 9.17) is 0 Å². The summed E-state index contributed by atoms with van der Waals surface area (Å²) in [5, 5.41) is 21.4. The summed E-state index contributed by atoms with van der Waals surface area (Å²) in [6.45, 7) is 6.64. The van der Waals surface area contributed by atoms with Crippen LogP contribution >= 0.6 is 0 Å². The Morgan fingerprint density at radius 1 is 1.32 bits per heavy atom. The zero-order valence-corrected chi connectivity index (χ0v) is 11.9. The van der Waals surface area contributed by atoms with Crippen molar-refractivity contribution in [2.24, 2.45) is 22.7 Å². The van der Waals surface area contributed by atoms with Crippen molar-refractivity contribution in [2.45, 2.75) is 45.8 Å². The summed E-state index contributed by atoms with van der Waals surface area (Å²) in [7, 11) is 0. The molecule has 3 nitrogen and oxygen atoms in total. The van der Waals surface area contributed by atoms with Crippen molar-refractivity contribution in [1.29, 1.82) is 0 Å². The molecular formula is C16H23NO2. The molecule has 0 aliphatic heterocycles. The smallest absolute Gasteiger partial charge is 0.101 e. The molecule has 0 amide bonds. The highest BCUT2D eigenvalue weighted by Crippen LogP contribution is 2.69. The second kappa shape index (κ2) is 4.03. The van der Waals surface area contributed by atoms with Crippen LogP contribution in [0.1, 0.15) is 45.4 Å². The first-order valence-corrected chi connectivity index (χ1v) is 7.16. The lowest BCUT2D eigenvalue weighted by molar-refractivity contribution is -0.0526. The van der Waals surface area contributed by atoms with Gasteiger partial charge in [-0.3, -0.25) is 4.98 Å². The van der Waals surface area contributed by atoms with Gasteiger partial charge < -0.3 is 10.2 Å². The first-order valence-electron chi connectivity index (χ1n) is 7.16. The standard InChI is InChI=1S/C16H23NO2/c1-15(2)10-7-8-16(15,3)14(19)12(10)13(18)11-6-4-5-9-17-11/h4-6,9-10,12-14,18-19H,7-8H2,1-3H3/t10-,12-,13?,14+,16+/m1/s1. The lowest BCUT2D eigenvalue weighted by Crippen LogP contribution is -2.39. The van der Waals surface area contributed by atoms with Crippen molar-refractivity contribution in [2.75, 3.05) is 0 Å². The van der Waals surface area contributed by atoms with E-state index < -0.39 is 12.2 Å². The zero-order chi connectivity index (χ0) is 13.8. The number of aliphatic hydroxyl groups excluding tert-OH is 2. The number of aliphatic hydroxyl groups is 2. The maximum absolute atomic E-state index is 10.7. The maximum Gasteiger partial charge on any atom is 0.101 e. The van der Waals surface area contributed by atoms with E-state index >= 15 is 0 Å². The van der Waals surface area contributed by atoms with Gasteiger partial charge in [-0.05, 0) is 41.7 Å². The summed E-state index contributed by atoms with van der Waals surface area (Å²) in [6, 6.07) is 5.58. The Morgan fingerprint density at radius 2 is 2.05 bits per heavy atom. The Bertz CT molecular complexity index is 473. The average molecular weight is 261 g/mol. The van der Waals surface area contributed by atoms with E-state index in [-0.39, 0.29) is 16.7 Å². The van der Waals surface area contributed by atoms with Crippen molar-refractivity contribution in [3.05, 3.63) is 30.1 Å². The highest BCUT2D eigenvalue weighted by molar-refractivity contribution is 5.19. The number of hydrogen-bond donors (Lipinski definition) is 2. The molecule has 3 rings (SSSR count). The molecule has 1 aromatic heterocycles. The van der Waals surface area contributed by atoms with Crippen LogP contribution in [0.3, 0.4) is 0 Å². The normalized spacial score (nSPS) is 41.4. The highest BCUT2D eigenvalue weighted by Gasteiger charge is 2.67. The van der Waals surface area contributed by atoms with Crippen molar-refractivity contribution in [1.82, 2.24) is 4.98 Å². The molecule has 0 radical (unpaired) electrons. The Balaban J connectivity index is 1.96. The van der Waals surface area contributed by atoms with Gasteiger partial charge in [0.15, 0.2) is 0 Å². The van der Waals surface area contributed by atoms with Crippen molar-refractivity contribution in [3.8, 4) is 0 Å². The first kappa shape index (κ1) is 13.1. The minimum absolute atomic E-state index is 0.0762. The largest absolute Gasteiger partial charge is 0.392 e. The van der Waals surface area contributed by atoms with E-state index in [1.165, 1.54) is 0 Å². The molecule has 3 heteroatoms. The molecule has 19 heavy (non-hydrogen) atoms. The van der Waals surface area contributed by atoms with Crippen LogP contribution < -0.4 is 0 Å². The Labute approximate surface area is 114 Å². The third-order valence-corrected chi connectivity index (χ3v) is 6.21. The number of pyridine rings is 1. The molecule has 1 aromatic rings. The van der Waals surface area contributed by atoms with Crippen LogP contribution in [0.2, 0.25) is 0 Å². The Kier molecular flexibility index (Phi) is 2.77. The van der Waals surface area contributed by atoms with Gasteiger partial charge >= 0.3 is 0 Å². The molecule has 0 aromatic carbocycles. The molecule has 2 fully saturated rings. The minimum Gasteiger partial charge on any atom is -0.392 e. The fraction of sp³-hybridized carbons (Fsp3) is 0.688. The summed E-state index contributed by atoms with van der Waals surface area (Å²) in [4.78, 5) is 4.25. The quantitative estimate of drug-likeness (QED) is 0.860. The van der Waals surface area contributed by atoms with Crippen LogP contribution in [-0.4, -0.2) is 21.3 Å². The second-order valence-electron chi connectivity index (χ2n) is 7.01. The van der Waals surface area contributed by atoms with E-state index in [2.05, 4.69) is 25.8 Å². The number of fused-ring (bicyclic) bond motifs is 2. The summed E-state index contributed by atoms with van der Waals surface area (Å²) in [5.41, 5.74) is 0.670. The third kappa shape index (κ3) is 1.55. The van der Waals surface area contributed by atoms with Gasteiger partial charge in [-0.15, -0.1) is 0 Å². The van der Waals surface area contributed by atoms with Crippen LogP contribution in [-0.2, 0) is 0 Å². The topological polar surface area (TPSA) is 53.4 Å². The maximum atomic E-state index is 10.7. The monoisotopic (exact) mass is 261 g/mol. The van der Waals surface area contributed by atoms with E-state index in [9.17, 15) is 10.2 Å². The van der Waals surface area contributed by atoms with Gasteiger partial charge in [0, 0.05) is 12.1 Å². The Morgan fingerprint density at radius 3 is 2.58 bits per heavy atom. The Hall–Kier alpha value is -0.930. The molecule has 1 heterocycles. The second-order valence-corrected chi connectivity index (χ2v) is 7.01. The molecule has 2 aliphatic carbocycles. The summed E-state index contributed by atoms with van der Waals surface area (Å²) >= 11 is 0. The van der Waals surface area contributed by atoms with Gasteiger partial charge in [-0.1, -0.05) is 26.8 Å². The lowest BCUT2D eigenvalue weighted by Gasteiger charge is -2.37. The van der Waals surface area contributed by atoms with Crippen molar-refractivity contribution in [3.63, 3.8) is 0 Å². The van der Waals surface area contributed by atoms with Crippen LogP contribution in [0.4, 0.5) is 0 Å². The van der Waals surface area contributed by atoms with Gasteiger partial charge in [0.2, 0.25) is 0 Å². The predicted molar refractivity (Wildman–Crippen MR) is 73.3 cm³/mol. The zero-order valence-electron chi connectivity index (χ0n) is 11.9. The molecule has 5 atom stereocenters. The van der Waals surface area contributed by atoms with Crippen molar-refractivity contribution < 1.29 is 10.2 Å². The predicted octanol–water partition coefficient (Wildman–Crippen LogP) is 2.55. The summed E-state index contributed by atoms with van der Waals surface area (Å²) in [5.74, 6) is 0.271. The fourth-order valence-corrected chi connectivity index (χ4v) is 4.55.